The standard InChI is InChI=1S/C23H18N2O6S/c1-13-2-4-16-15(8-13)11-19(31-16)21(26)24-6-7-25-22(27)20(32-23(25)28)10-14-3-5-17-18(9-14)30-12-29-17/h2-5,8-11H,6-7,12H2,1H3,(H,24,26)/b20-10+. The Morgan fingerprint density at radius 1 is 1.12 bits per heavy atom. The molecular formula is C23H18N2O6S. The number of furan rings is 1. The molecule has 1 fully saturated rings. The van der Waals surface area contributed by atoms with Crippen molar-refractivity contribution in [3.63, 3.8) is 0 Å². The Kier molecular flexibility index (Phi) is 5.10. The summed E-state index contributed by atoms with van der Waals surface area (Å²) in [5, 5.41) is 3.16. The minimum absolute atomic E-state index is 0.0637. The predicted molar refractivity (Wildman–Crippen MR) is 119 cm³/mol. The third-order valence-corrected chi connectivity index (χ3v) is 5.99. The van der Waals surface area contributed by atoms with Crippen LogP contribution in [0.5, 0.6) is 11.5 Å². The highest BCUT2D eigenvalue weighted by Crippen LogP contribution is 2.36. The van der Waals surface area contributed by atoms with Crippen molar-refractivity contribution in [2.45, 2.75) is 6.92 Å². The Hall–Kier alpha value is -3.72. The molecule has 1 N–H and O–H groups in total. The first-order valence-corrected chi connectivity index (χ1v) is 10.7. The molecule has 2 aliphatic heterocycles. The number of nitrogens with zero attached hydrogens (tertiary/aromatic N) is 1. The van der Waals surface area contributed by atoms with Crippen LogP contribution in [0.15, 0.2) is 51.8 Å². The first-order valence-electron chi connectivity index (χ1n) is 9.91. The zero-order valence-electron chi connectivity index (χ0n) is 17.0. The molecule has 0 saturated carbocycles. The van der Waals surface area contributed by atoms with Crippen molar-refractivity contribution in [3.05, 3.63) is 64.3 Å². The largest absolute Gasteiger partial charge is 0.454 e. The van der Waals surface area contributed by atoms with Gasteiger partial charge in [-0.3, -0.25) is 19.3 Å². The maximum absolute atomic E-state index is 12.7. The second kappa shape index (κ2) is 8.08. The molecule has 1 saturated heterocycles. The van der Waals surface area contributed by atoms with Crippen molar-refractivity contribution in [1.82, 2.24) is 10.2 Å². The van der Waals surface area contributed by atoms with Crippen LogP contribution in [0.2, 0.25) is 0 Å². The van der Waals surface area contributed by atoms with Gasteiger partial charge in [-0.25, -0.2) is 0 Å². The Balaban J connectivity index is 1.21. The van der Waals surface area contributed by atoms with E-state index in [2.05, 4.69) is 5.32 Å². The summed E-state index contributed by atoms with van der Waals surface area (Å²) in [4.78, 5) is 38.8. The molecule has 5 rings (SSSR count). The van der Waals surface area contributed by atoms with Gasteiger partial charge in [0.15, 0.2) is 17.3 Å². The number of thioether (sulfide) groups is 1. The number of hydrogen-bond donors (Lipinski definition) is 1. The number of imide groups is 1. The lowest BCUT2D eigenvalue weighted by Crippen LogP contribution is -2.37. The normalized spacial score (nSPS) is 16.4. The number of rotatable bonds is 5. The summed E-state index contributed by atoms with van der Waals surface area (Å²) < 4.78 is 16.2. The number of aryl methyl sites for hydroxylation is 1. The monoisotopic (exact) mass is 450 g/mol. The number of nitrogens with one attached hydrogen (secondary N) is 1. The summed E-state index contributed by atoms with van der Waals surface area (Å²) >= 11 is 0.865. The number of carbonyl (C=O) groups is 3. The van der Waals surface area contributed by atoms with Gasteiger partial charge in [-0.2, -0.15) is 0 Å². The third-order valence-electron chi connectivity index (χ3n) is 5.08. The van der Waals surface area contributed by atoms with Crippen molar-refractivity contribution in [1.29, 1.82) is 0 Å². The van der Waals surface area contributed by atoms with Gasteiger partial charge in [-0.1, -0.05) is 17.7 Å². The van der Waals surface area contributed by atoms with E-state index in [0.717, 1.165) is 33.2 Å². The van der Waals surface area contributed by atoms with Crippen molar-refractivity contribution in [2.75, 3.05) is 19.9 Å². The Morgan fingerprint density at radius 2 is 1.97 bits per heavy atom. The van der Waals surface area contributed by atoms with Gasteiger partial charge in [0.05, 0.1) is 4.91 Å². The topological polar surface area (TPSA) is 98.1 Å². The molecule has 32 heavy (non-hydrogen) atoms. The summed E-state index contributed by atoms with van der Waals surface area (Å²) in [5.41, 5.74) is 2.42. The van der Waals surface area contributed by atoms with E-state index < -0.39 is 11.8 Å². The van der Waals surface area contributed by atoms with Crippen LogP contribution in [0, 0.1) is 6.92 Å². The van der Waals surface area contributed by atoms with E-state index in [-0.39, 0.29) is 30.9 Å². The lowest BCUT2D eigenvalue weighted by Gasteiger charge is -2.12. The van der Waals surface area contributed by atoms with Crippen LogP contribution >= 0.6 is 11.8 Å². The molecule has 3 heterocycles. The fourth-order valence-corrected chi connectivity index (χ4v) is 4.36. The number of amides is 3. The molecule has 0 radical (unpaired) electrons. The molecule has 9 heteroatoms. The number of fused-ring (bicyclic) bond motifs is 2. The van der Waals surface area contributed by atoms with Gasteiger partial charge < -0.3 is 19.2 Å². The van der Waals surface area contributed by atoms with E-state index in [1.54, 1.807) is 30.3 Å². The van der Waals surface area contributed by atoms with Crippen molar-refractivity contribution < 1.29 is 28.3 Å². The highest BCUT2D eigenvalue weighted by atomic mass is 32.2. The highest BCUT2D eigenvalue weighted by molar-refractivity contribution is 8.18. The second-order valence-electron chi connectivity index (χ2n) is 7.35. The Labute approximate surface area is 187 Å². The van der Waals surface area contributed by atoms with E-state index in [1.165, 1.54) is 0 Å². The summed E-state index contributed by atoms with van der Waals surface area (Å²) in [6.45, 7) is 2.30. The average Bonchev–Trinajstić information content (AvgIpc) is 3.47. The third kappa shape index (κ3) is 3.82. The first kappa shape index (κ1) is 20.2. The number of benzene rings is 2. The molecule has 0 atom stereocenters. The maximum atomic E-state index is 12.7. The summed E-state index contributed by atoms with van der Waals surface area (Å²) in [7, 11) is 0. The molecule has 0 unspecified atom stereocenters. The van der Waals surface area contributed by atoms with E-state index in [1.807, 2.05) is 25.1 Å². The van der Waals surface area contributed by atoms with Gasteiger partial charge in [-0.15, -0.1) is 0 Å². The van der Waals surface area contributed by atoms with E-state index >= 15 is 0 Å². The number of ether oxygens (including phenoxy) is 2. The van der Waals surface area contributed by atoms with Crippen LogP contribution in [0.25, 0.3) is 17.0 Å². The fourth-order valence-electron chi connectivity index (χ4n) is 3.49. The Bertz CT molecular complexity index is 1290. The van der Waals surface area contributed by atoms with Crippen LogP contribution in [-0.4, -0.2) is 41.8 Å². The molecule has 3 aromatic rings. The van der Waals surface area contributed by atoms with Gasteiger partial charge in [0.25, 0.3) is 17.1 Å². The van der Waals surface area contributed by atoms with Crippen molar-refractivity contribution in [2.24, 2.45) is 0 Å². The number of carbonyl (C=O) groups excluding carboxylic acids is 3. The SMILES string of the molecule is Cc1ccc2oc(C(=O)NCCN3C(=O)S/C(=C/c4ccc5c(c4)OCO5)C3=O)cc2c1. The highest BCUT2D eigenvalue weighted by Gasteiger charge is 2.34. The van der Waals surface area contributed by atoms with Gasteiger partial charge in [-0.05, 0) is 60.7 Å². The fraction of sp³-hybridized carbons (Fsp3) is 0.174. The quantitative estimate of drug-likeness (QED) is 0.588. The van der Waals surface area contributed by atoms with Crippen LogP contribution < -0.4 is 14.8 Å². The molecule has 2 aromatic carbocycles. The van der Waals surface area contributed by atoms with Crippen LogP contribution in [-0.2, 0) is 4.79 Å². The predicted octanol–water partition coefficient (Wildman–Crippen LogP) is 3.94. The molecule has 8 nitrogen and oxygen atoms in total. The van der Waals surface area contributed by atoms with E-state index in [9.17, 15) is 14.4 Å². The summed E-state index contributed by atoms with van der Waals surface area (Å²) in [6, 6.07) is 12.6. The lowest BCUT2D eigenvalue weighted by atomic mass is 10.2. The second-order valence-corrected chi connectivity index (χ2v) is 8.35. The molecule has 162 valence electrons. The van der Waals surface area contributed by atoms with Gasteiger partial charge in [0.1, 0.15) is 5.58 Å². The molecule has 2 aliphatic rings. The average molecular weight is 450 g/mol. The summed E-state index contributed by atoms with van der Waals surface area (Å²) in [5.74, 6) is 0.627. The Morgan fingerprint density at radius 3 is 2.84 bits per heavy atom. The van der Waals surface area contributed by atoms with Crippen molar-refractivity contribution in [3.8, 4) is 11.5 Å². The zero-order valence-corrected chi connectivity index (χ0v) is 17.9. The smallest absolute Gasteiger partial charge is 0.293 e. The minimum atomic E-state index is -0.401. The minimum Gasteiger partial charge on any atom is -0.454 e. The molecular weight excluding hydrogens is 432 g/mol. The van der Waals surface area contributed by atoms with Crippen molar-refractivity contribution >= 4 is 45.9 Å². The molecule has 0 aliphatic carbocycles. The molecule has 0 bridgehead atoms. The van der Waals surface area contributed by atoms with E-state index in [0.29, 0.717) is 22.0 Å². The lowest BCUT2D eigenvalue weighted by molar-refractivity contribution is -0.122. The van der Waals surface area contributed by atoms with Crippen LogP contribution in [0.1, 0.15) is 21.7 Å². The molecule has 1 aromatic heterocycles. The van der Waals surface area contributed by atoms with Crippen LogP contribution in [0.4, 0.5) is 4.79 Å². The van der Waals surface area contributed by atoms with E-state index in [4.69, 9.17) is 13.9 Å². The number of hydrogen-bond acceptors (Lipinski definition) is 7. The first-order chi connectivity index (χ1) is 15.5. The van der Waals surface area contributed by atoms with Crippen LogP contribution in [0.3, 0.4) is 0 Å². The summed E-state index contributed by atoms with van der Waals surface area (Å²) in [6.07, 6.45) is 1.64. The molecule has 3 amide bonds. The molecule has 0 spiro atoms. The maximum Gasteiger partial charge on any atom is 0.293 e. The zero-order chi connectivity index (χ0) is 22.2. The van der Waals surface area contributed by atoms with Gasteiger partial charge >= 0.3 is 0 Å². The van der Waals surface area contributed by atoms with Gasteiger partial charge in [0.2, 0.25) is 6.79 Å². The van der Waals surface area contributed by atoms with Gasteiger partial charge in [0, 0.05) is 18.5 Å².